The number of thiophene rings is 1. The molecule has 0 unspecified atom stereocenters. The summed E-state index contributed by atoms with van der Waals surface area (Å²) in [7, 11) is 0. The van der Waals surface area contributed by atoms with Crippen LogP contribution in [0.4, 0.5) is 17.5 Å². The van der Waals surface area contributed by atoms with Crippen LogP contribution in [-0.4, -0.2) is 34.2 Å². The zero-order valence-corrected chi connectivity index (χ0v) is 16.4. The molecule has 0 aliphatic carbocycles. The van der Waals surface area contributed by atoms with E-state index in [-0.39, 0.29) is 5.91 Å². The predicted octanol–water partition coefficient (Wildman–Crippen LogP) is 3.59. The van der Waals surface area contributed by atoms with Crippen molar-refractivity contribution in [1.82, 2.24) is 20.5 Å². The summed E-state index contributed by atoms with van der Waals surface area (Å²) in [6.45, 7) is 3.05. The van der Waals surface area contributed by atoms with E-state index in [4.69, 9.17) is 0 Å². The molecule has 0 saturated carbocycles. The second kappa shape index (κ2) is 8.72. The summed E-state index contributed by atoms with van der Waals surface area (Å²) >= 11 is 4.74. The predicted molar refractivity (Wildman–Crippen MR) is 107 cm³/mol. The highest BCUT2D eigenvalue weighted by Crippen LogP contribution is 2.19. The maximum Gasteiger partial charge on any atom is 0.261 e. The Kier molecular flexibility index (Phi) is 6.13. The third-order valence-corrected chi connectivity index (χ3v) is 5.03. The first-order chi connectivity index (χ1) is 12.6. The zero-order chi connectivity index (χ0) is 18.4. The Bertz CT molecular complexity index is 883. The molecule has 1 amide bonds. The third kappa shape index (κ3) is 5.24. The Morgan fingerprint density at radius 2 is 1.92 bits per heavy atom. The third-order valence-electron chi connectivity index (χ3n) is 3.34. The van der Waals surface area contributed by atoms with Gasteiger partial charge in [0.2, 0.25) is 0 Å². The van der Waals surface area contributed by atoms with Gasteiger partial charge in [0.1, 0.15) is 11.6 Å². The van der Waals surface area contributed by atoms with Crippen molar-refractivity contribution in [2.24, 2.45) is 0 Å². The van der Waals surface area contributed by atoms with Crippen LogP contribution in [0, 0.1) is 6.92 Å². The van der Waals surface area contributed by atoms with Gasteiger partial charge < -0.3 is 16.0 Å². The van der Waals surface area contributed by atoms with Crippen LogP contribution in [0.25, 0.3) is 0 Å². The SMILES string of the molecule is Cc1ccnc(Nc2ccc(NCCNC(=O)c3cc(Br)cs3)nn2)c1. The van der Waals surface area contributed by atoms with Gasteiger partial charge in [-0.05, 0) is 58.7 Å². The van der Waals surface area contributed by atoms with Gasteiger partial charge in [-0.25, -0.2) is 4.98 Å². The number of nitrogens with zero attached hydrogens (tertiary/aromatic N) is 3. The summed E-state index contributed by atoms with van der Waals surface area (Å²) in [6, 6.07) is 9.31. The number of pyridine rings is 1. The van der Waals surface area contributed by atoms with E-state index < -0.39 is 0 Å². The summed E-state index contributed by atoms with van der Waals surface area (Å²) in [6.07, 6.45) is 1.74. The monoisotopic (exact) mass is 432 g/mol. The number of hydrogen-bond donors (Lipinski definition) is 3. The summed E-state index contributed by atoms with van der Waals surface area (Å²) in [5, 5.41) is 19.2. The van der Waals surface area contributed by atoms with E-state index in [1.54, 1.807) is 12.3 Å². The topological polar surface area (TPSA) is 91.8 Å². The molecule has 0 aliphatic rings. The minimum Gasteiger partial charge on any atom is -0.367 e. The van der Waals surface area contributed by atoms with Crippen LogP contribution in [0.15, 0.2) is 46.4 Å². The molecule has 7 nitrogen and oxygen atoms in total. The van der Waals surface area contributed by atoms with Crippen molar-refractivity contribution in [3.05, 3.63) is 56.8 Å². The molecule has 26 heavy (non-hydrogen) atoms. The molecule has 0 aromatic carbocycles. The summed E-state index contributed by atoms with van der Waals surface area (Å²) in [5.74, 6) is 1.90. The highest BCUT2D eigenvalue weighted by atomic mass is 79.9. The lowest BCUT2D eigenvalue weighted by atomic mass is 10.3. The molecule has 3 rings (SSSR count). The number of carbonyl (C=O) groups is 1. The molecule has 0 fully saturated rings. The van der Waals surface area contributed by atoms with E-state index in [0.717, 1.165) is 15.9 Å². The van der Waals surface area contributed by atoms with Gasteiger partial charge in [0, 0.05) is 29.1 Å². The molecule has 0 aliphatic heterocycles. The van der Waals surface area contributed by atoms with Gasteiger partial charge in [0.15, 0.2) is 5.82 Å². The van der Waals surface area contributed by atoms with Crippen molar-refractivity contribution >= 4 is 50.6 Å². The fourth-order valence-corrected chi connectivity index (χ4v) is 3.46. The van der Waals surface area contributed by atoms with Crippen molar-refractivity contribution in [2.45, 2.75) is 6.92 Å². The largest absolute Gasteiger partial charge is 0.367 e. The quantitative estimate of drug-likeness (QED) is 0.494. The van der Waals surface area contributed by atoms with Crippen LogP contribution in [0.5, 0.6) is 0 Å². The first-order valence-corrected chi connectivity index (χ1v) is 9.57. The summed E-state index contributed by atoms with van der Waals surface area (Å²) in [4.78, 5) is 16.8. The van der Waals surface area contributed by atoms with Crippen molar-refractivity contribution in [1.29, 1.82) is 0 Å². The number of nitrogens with one attached hydrogen (secondary N) is 3. The first kappa shape index (κ1) is 18.3. The number of halogens is 1. The molecule has 0 saturated heterocycles. The van der Waals surface area contributed by atoms with Crippen LogP contribution in [0.2, 0.25) is 0 Å². The maximum absolute atomic E-state index is 11.9. The number of carbonyl (C=O) groups excluding carboxylic acids is 1. The number of aryl methyl sites for hydroxylation is 1. The fraction of sp³-hybridized carbons (Fsp3) is 0.176. The van der Waals surface area contributed by atoms with Gasteiger partial charge >= 0.3 is 0 Å². The normalized spacial score (nSPS) is 10.4. The Morgan fingerprint density at radius 3 is 2.62 bits per heavy atom. The molecular formula is C17H17BrN6OS. The second-order valence-corrected chi connectivity index (χ2v) is 7.29. The van der Waals surface area contributed by atoms with Gasteiger partial charge in [-0.15, -0.1) is 21.5 Å². The second-order valence-electron chi connectivity index (χ2n) is 5.46. The van der Waals surface area contributed by atoms with Gasteiger partial charge in [-0.3, -0.25) is 4.79 Å². The van der Waals surface area contributed by atoms with E-state index in [2.05, 4.69) is 47.1 Å². The van der Waals surface area contributed by atoms with Gasteiger partial charge in [-0.1, -0.05) is 0 Å². The van der Waals surface area contributed by atoms with Crippen molar-refractivity contribution < 1.29 is 4.79 Å². The lowest BCUT2D eigenvalue weighted by Gasteiger charge is -2.08. The van der Waals surface area contributed by atoms with Crippen molar-refractivity contribution in [3.8, 4) is 0 Å². The summed E-state index contributed by atoms with van der Waals surface area (Å²) in [5.41, 5.74) is 1.12. The van der Waals surface area contributed by atoms with Crippen molar-refractivity contribution in [2.75, 3.05) is 23.7 Å². The van der Waals surface area contributed by atoms with Gasteiger partial charge in [-0.2, -0.15) is 0 Å². The van der Waals surface area contributed by atoms with Crippen LogP contribution < -0.4 is 16.0 Å². The van der Waals surface area contributed by atoms with Gasteiger partial charge in [0.25, 0.3) is 5.91 Å². The molecule has 0 spiro atoms. The zero-order valence-electron chi connectivity index (χ0n) is 14.0. The molecule has 3 aromatic rings. The molecule has 9 heteroatoms. The number of aromatic nitrogens is 3. The standard InChI is InChI=1S/C17H17BrN6OS/c1-11-4-5-19-16(8-11)22-15-3-2-14(23-24-15)20-6-7-21-17(25)13-9-12(18)10-26-13/h2-5,8-10H,6-7H2,1H3,(H,20,23)(H,21,25)(H,19,22,24). The molecule has 0 atom stereocenters. The molecule has 0 bridgehead atoms. The van der Waals surface area contributed by atoms with E-state index in [1.807, 2.05) is 36.6 Å². The van der Waals surface area contributed by atoms with Crippen LogP contribution in [-0.2, 0) is 0 Å². The van der Waals surface area contributed by atoms with E-state index in [1.165, 1.54) is 11.3 Å². The highest BCUT2D eigenvalue weighted by molar-refractivity contribution is 9.10. The van der Waals surface area contributed by atoms with E-state index >= 15 is 0 Å². The maximum atomic E-state index is 11.9. The molecule has 0 radical (unpaired) electrons. The Hall–Kier alpha value is -2.52. The molecular weight excluding hydrogens is 416 g/mol. The molecule has 134 valence electrons. The smallest absolute Gasteiger partial charge is 0.261 e. The fourth-order valence-electron chi connectivity index (χ4n) is 2.11. The lowest BCUT2D eigenvalue weighted by molar-refractivity contribution is 0.0959. The van der Waals surface area contributed by atoms with E-state index in [0.29, 0.717) is 29.6 Å². The lowest BCUT2D eigenvalue weighted by Crippen LogP contribution is -2.28. The van der Waals surface area contributed by atoms with E-state index in [9.17, 15) is 4.79 Å². The average Bonchev–Trinajstić information content (AvgIpc) is 3.06. The number of anilines is 3. The van der Waals surface area contributed by atoms with Crippen LogP contribution >= 0.6 is 27.3 Å². The highest BCUT2D eigenvalue weighted by Gasteiger charge is 2.07. The molecule has 3 N–H and O–H groups in total. The Morgan fingerprint density at radius 1 is 1.12 bits per heavy atom. The molecule has 3 heterocycles. The first-order valence-electron chi connectivity index (χ1n) is 7.90. The Balaban J connectivity index is 1.43. The number of hydrogen-bond acceptors (Lipinski definition) is 7. The number of amides is 1. The summed E-state index contributed by atoms with van der Waals surface area (Å²) < 4.78 is 0.913. The average molecular weight is 433 g/mol. The molecule has 3 aromatic heterocycles. The van der Waals surface area contributed by atoms with Crippen molar-refractivity contribution in [3.63, 3.8) is 0 Å². The van der Waals surface area contributed by atoms with Crippen LogP contribution in [0.3, 0.4) is 0 Å². The van der Waals surface area contributed by atoms with Crippen LogP contribution in [0.1, 0.15) is 15.2 Å². The number of rotatable bonds is 7. The van der Waals surface area contributed by atoms with Gasteiger partial charge in [0.05, 0.1) is 4.88 Å². The Labute approximate surface area is 163 Å². The minimum absolute atomic E-state index is 0.0845. The minimum atomic E-state index is -0.0845.